The molecule has 1 aliphatic heterocycles. The second-order valence-corrected chi connectivity index (χ2v) is 6.15. The number of rotatable bonds is 6. The number of nitrogens with zero attached hydrogens (tertiary/aromatic N) is 1. The van der Waals surface area contributed by atoms with Gasteiger partial charge in [0, 0.05) is 12.6 Å². The number of hydrogen-bond donors (Lipinski definition) is 2. The van der Waals surface area contributed by atoms with Crippen LogP contribution in [0.2, 0.25) is 0 Å². The third-order valence-corrected chi connectivity index (χ3v) is 3.90. The summed E-state index contributed by atoms with van der Waals surface area (Å²) in [6.45, 7) is 5.46. The molecule has 0 radical (unpaired) electrons. The van der Waals surface area contributed by atoms with Crippen molar-refractivity contribution in [2.75, 3.05) is 19.8 Å². The van der Waals surface area contributed by atoms with Crippen molar-refractivity contribution < 1.29 is 19.4 Å². The number of carboxylic acids is 1. The molecule has 0 bridgehead atoms. The van der Waals surface area contributed by atoms with Crippen molar-refractivity contribution in [3.63, 3.8) is 0 Å². The van der Waals surface area contributed by atoms with Gasteiger partial charge >= 0.3 is 12.0 Å². The predicted molar refractivity (Wildman–Crippen MR) is 73.4 cm³/mol. The Labute approximate surface area is 119 Å². The smallest absolute Gasteiger partial charge is 0.317 e. The summed E-state index contributed by atoms with van der Waals surface area (Å²) in [5.74, 6) is -0.997. The van der Waals surface area contributed by atoms with E-state index in [9.17, 15) is 9.59 Å². The molecule has 0 spiro atoms. The van der Waals surface area contributed by atoms with Crippen LogP contribution in [0.1, 0.15) is 33.1 Å². The highest BCUT2D eigenvalue weighted by atomic mass is 16.5. The summed E-state index contributed by atoms with van der Waals surface area (Å²) < 4.78 is 5.17. The molecule has 2 amide bonds. The van der Waals surface area contributed by atoms with Gasteiger partial charge in [0.25, 0.3) is 0 Å². The van der Waals surface area contributed by atoms with E-state index in [1.807, 2.05) is 4.90 Å². The van der Waals surface area contributed by atoms with Crippen LogP contribution in [-0.4, -0.2) is 53.8 Å². The zero-order valence-electron chi connectivity index (χ0n) is 12.2. The monoisotopic (exact) mass is 284 g/mol. The van der Waals surface area contributed by atoms with Gasteiger partial charge in [0.15, 0.2) is 0 Å². The summed E-state index contributed by atoms with van der Waals surface area (Å²) in [4.78, 5) is 25.3. The molecule has 1 saturated carbocycles. The molecule has 2 fully saturated rings. The minimum absolute atomic E-state index is 0.144. The normalized spacial score (nSPS) is 25.8. The summed E-state index contributed by atoms with van der Waals surface area (Å²) in [7, 11) is 0. The first-order chi connectivity index (χ1) is 9.49. The van der Waals surface area contributed by atoms with Crippen molar-refractivity contribution in [1.82, 2.24) is 10.2 Å². The molecule has 1 saturated heterocycles. The zero-order chi connectivity index (χ0) is 14.7. The third-order valence-electron chi connectivity index (χ3n) is 3.90. The topological polar surface area (TPSA) is 78.9 Å². The maximum atomic E-state index is 12.3. The van der Waals surface area contributed by atoms with Crippen LogP contribution >= 0.6 is 0 Å². The molecule has 6 heteroatoms. The van der Waals surface area contributed by atoms with Crippen LogP contribution in [0, 0.1) is 11.8 Å². The van der Waals surface area contributed by atoms with Crippen molar-refractivity contribution >= 4 is 12.0 Å². The number of urea groups is 1. The average molecular weight is 284 g/mol. The average Bonchev–Trinajstić information content (AvgIpc) is 3.08. The fourth-order valence-corrected chi connectivity index (χ4v) is 2.41. The van der Waals surface area contributed by atoms with Crippen LogP contribution in [0.25, 0.3) is 0 Å². The lowest BCUT2D eigenvalue weighted by Gasteiger charge is -2.26. The second-order valence-electron chi connectivity index (χ2n) is 6.15. The largest absolute Gasteiger partial charge is 0.481 e. The number of nitrogens with one attached hydrogen (secondary N) is 1. The van der Waals surface area contributed by atoms with Crippen LogP contribution in [0.3, 0.4) is 0 Å². The van der Waals surface area contributed by atoms with Gasteiger partial charge in [-0.1, -0.05) is 13.8 Å². The van der Waals surface area contributed by atoms with Crippen LogP contribution in [0.5, 0.6) is 0 Å². The van der Waals surface area contributed by atoms with Crippen LogP contribution in [0.15, 0.2) is 0 Å². The van der Waals surface area contributed by atoms with E-state index < -0.39 is 17.9 Å². The molecule has 20 heavy (non-hydrogen) atoms. The van der Waals surface area contributed by atoms with E-state index >= 15 is 0 Å². The van der Waals surface area contributed by atoms with Gasteiger partial charge < -0.3 is 20.1 Å². The molecule has 114 valence electrons. The number of hydrogen-bond acceptors (Lipinski definition) is 3. The van der Waals surface area contributed by atoms with Crippen molar-refractivity contribution in [3.8, 4) is 0 Å². The Morgan fingerprint density at radius 1 is 1.35 bits per heavy atom. The Morgan fingerprint density at radius 3 is 2.60 bits per heavy atom. The molecule has 2 rings (SSSR count). The summed E-state index contributed by atoms with van der Waals surface area (Å²) in [5, 5.41) is 11.9. The summed E-state index contributed by atoms with van der Waals surface area (Å²) in [6, 6.07) is -0.227. The first-order valence-corrected chi connectivity index (χ1v) is 7.36. The Balaban J connectivity index is 1.89. The van der Waals surface area contributed by atoms with Crippen LogP contribution in [0.4, 0.5) is 4.79 Å². The molecular weight excluding hydrogens is 260 g/mol. The molecule has 1 aliphatic carbocycles. The van der Waals surface area contributed by atoms with Crippen molar-refractivity contribution in [1.29, 1.82) is 0 Å². The Kier molecular flexibility index (Phi) is 4.86. The Hall–Kier alpha value is -1.30. The van der Waals surface area contributed by atoms with Crippen molar-refractivity contribution in [2.45, 2.75) is 45.2 Å². The molecule has 0 aromatic carbocycles. The van der Waals surface area contributed by atoms with Crippen LogP contribution in [-0.2, 0) is 9.53 Å². The minimum Gasteiger partial charge on any atom is -0.481 e. The molecule has 1 heterocycles. The first-order valence-electron chi connectivity index (χ1n) is 7.36. The van der Waals surface area contributed by atoms with E-state index in [2.05, 4.69) is 19.2 Å². The van der Waals surface area contributed by atoms with Gasteiger partial charge in [-0.25, -0.2) is 4.79 Å². The summed E-state index contributed by atoms with van der Waals surface area (Å²) in [6.07, 6.45) is 3.07. The highest BCUT2D eigenvalue weighted by Crippen LogP contribution is 2.28. The van der Waals surface area contributed by atoms with Gasteiger partial charge in [0.2, 0.25) is 0 Å². The molecular formula is C14H24N2O4. The number of ether oxygens (including phenoxy) is 1. The maximum absolute atomic E-state index is 12.3. The molecule has 2 unspecified atom stereocenters. The van der Waals surface area contributed by atoms with Crippen molar-refractivity contribution in [2.24, 2.45) is 11.8 Å². The number of aliphatic carboxylic acids is 1. The highest BCUT2D eigenvalue weighted by molar-refractivity contribution is 5.77. The number of carboxylic acid groups (broad SMARTS) is 1. The van der Waals surface area contributed by atoms with Crippen molar-refractivity contribution in [3.05, 3.63) is 0 Å². The van der Waals surface area contributed by atoms with E-state index in [1.54, 1.807) is 0 Å². The standard InChI is InChI=1S/C14H24N2O4/c1-9(2)5-6-16(10-3-4-10)14(19)15-12-8-20-7-11(12)13(17)18/h9-12H,3-8H2,1-2H3,(H,15,19)(H,17,18). The van der Waals surface area contributed by atoms with Gasteiger partial charge in [0.05, 0.1) is 19.3 Å². The van der Waals surface area contributed by atoms with Gasteiger partial charge in [-0.2, -0.15) is 0 Å². The summed E-state index contributed by atoms with van der Waals surface area (Å²) >= 11 is 0. The van der Waals surface area contributed by atoms with E-state index in [4.69, 9.17) is 9.84 Å². The molecule has 6 nitrogen and oxygen atoms in total. The third kappa shape index (κ3) is 3.85. The fourth-order valence-electron chi connectivity index (χ4n) is 2.41. The Bertz CT molecular complexity index is 368. The maximum Gasteiger partial charge on any atom is 0.317 e. The van der Waals surface area contributed by atoms with Gasteiger partial charge in [-0.15, -0.1) is 0 Å². The zero-order valence-corrected chi connectivity index (χ0v) is 12.2. The Morgan fingerprint density at radius 2 is 2.05 bits per heavy atom. The predicted octanol–water partition coefficient (Wildman–Crippen LogP) is 1.31. The second kappa shape index (κ2) is 6.43. The highest BCUT2D eigenvalue weighted by Gasteiger charge is 2.38. The minimum atomic E-state index is -0.909. The SMILES string of the molecule is CC(C)CCN(C(=O)NC1COCC1C(=O)O)C1CC1. The lowest BCUT2D eigenvalue weighted by molar-refractivity contribution is -0.142. The molecule has 2 aliphatic rings. The first kappa shape index (κ1) is 15.1. The van der Waals surface area contributed by atoms with E-state index in [-0.39, 0.29) is 19.2 Å². The quantitative estimate of drug-likeness (QED) is 0.770. The summed E-state index contributed by atoms with van der Waals surface area (Å²) in [5.41, 5.74) is 0. The van der Waals surface area contributed by atoms with Crippen LogP contribution < -0.4 is 5.32 Å². The van der Waals surface area contributed by atoms with E-state index in [1.165, 1.54) is 0 Å². The lowest BCUT2D eigenvalue weighted by Crippen LogP contribution is -2.50. The fraction of sp³-hybridized carbons (Fsp3) is 0.857. The van der Waals surface area contributed by atoms with E-state index in [0.717, 1.165) is 25.8 Å². The van der Waals surface area contributed by atoms with Gasteiger partial charge in [0.1, 0.15) is 5.92 Å². The number of carbonyl (C=O) groups is 2. The lowest BCUT2D eigenvalue weighted by atomic mass is 10.0. The number of carbonyl (C=O) groups excluding carboxylic acids is 1. The van der Waals surface area contributed by atoms with E-state index in [0.29, 0.717) is 12.0 Å². The van der Waals surface area contributed by atoms with Gasteiger partial charge in [-0.05, 0) is 25.2 Å². The molecule has 2 atom stereocenters. The number of amides is 2. The molecule has 0 aromatic heterocycles. The molecule has 2 N–H and O–H groups in total. The van der Waals surface area contributed by atoms with Gasteiger partial charge in [-0.3, -0.25) is 4.79 Å². The molecule has 0 aromatic rings.